The molecule has 4 heteroatoms. The van der Waals surface area contributed by atoms with E-state index in [1.807, 2.05) is 31.2 Å². The molecule has 0 fully saturated rings. The maximum atomic E-state index is 12.4. The van der Waals surface area contributed by atoms with Crippen LogP contribution in [0.5, 0.6) is 0 Å². The summed E-state index contributed by atoms with van der Waals surface area (Å²) in [5.74, 6) is 0. The predicted molar refractivity (Wildman–Crippen MR) is 103 cm³/mol. The Hall–Kier alpha value is -0.450. The smallest absolute Gasteiger partial charge is 0.173 e. The first kappa shape index (κ1) is 20.6. The molecule has 0 bridgehead atoms. The summed E-state index contributed by atoms with van der Waals surface area (Å²) in [6.07, 6.45) is 12.8. The van der Waals surface area contributed by atoms with Crippen molar-refractivity contribution in [1.29, 1.82) is 0 Å². The molecule has 1 aromatic rings. The highest BCUT2D eigenvalue weighted by Crippen LogP contribution is 2.15. The van der Waals surface area contributed by atoms with Gasteiger partial charge in [-0.3, -0.25) is 4.18 Å². The van der Waals surface area contributed by atoms with Crippen molar-refractivity contribution in [3.8, 4) is 0 Å². The monoisotopic (exact) mass is 356 g/mol. The van der Waals surface area contributed by atoms with E-state index in [1.165, 1.54) is 51.4 Å². The van der Waals surface area contributed by atoms with Gasteiger partial charge in [0.15, 0.2) is 8.77 Å². The van der Waals surface area contributed by atoms with Crippen LogP contribution in [0.2, 0.25) is 0 Å². The Morgan fingerprint density at radius 2 is 1.35 bits per heavy atom. The number of hydrogen-bond acceptors (Lipinski definition) is 3. The van der Waals surface area contributed by atoms with Crippen LogP contribution in [0.15, 0.2) is 29.2 Å². The maximum Gasteiger partial charge on any atom is 0.173 e. The molecule has 1 unspecified atom stereocenters. The average Bonchev–Trinajstić information content (AvgIpc) is 2.53. The van der Waals surface area contributed by atoms with E-state index in [-0.39, 0.29) is 0 Å². The number of unbranched alkanes of at least 4 members (excludes halogenated alkanes) is 9. The summed E-state index contributed by atoms with van der Waals surface area (Å²) in [6, 6.07) is 7.46. The van der Waals surface area contributed by atoms with Gasteiger partial charge in [-0.05, 0) is 25.5 Å². The normalized spacial score (nSPS) is 13.8. The van der Waals surface area contributed by atoms with E-state index < -0.39 is 8.77 Å². The summed E-state index contributed by atoms with van der Waals surface area (Å²) in [4.78, 5) is 0.616. The molecule has 23 heavy (non-hydrogen) atoms. The van der Waals surface area contributed by atoms with E-state index in [9.17, 15) is 4.21 Å². The molecule has 0 radical (unpaired) electrons. The molecule has 1 atom stereocenters. The molecule has 2 nitrogen and oxygen atoms in total. The van der Waals surface area contributed by atoms with Crippen molar-refractivity contribution in [2.75, 3.05) is 6.61 Å². The van der Waals surface area contributed by atoms with E-state index in [0.29, 0.717) is 11.5 Å². The first-order valence-electron chi connectivity index (χ1n) is 9.02. The van der Waals surface area contributed by atoms with Crippen LogP contribution in [0.4, 0.5) is 0 Å². The molecule has 0 saturated heterocycles. The molecule has 1 aromatic carbocycles. The Kier molecular flexibility index (Phi) is 10.7. The minimum absolute atomic E-state index is 0.493. The molecule has 0 N–H and O–H groups in total. The molecule has 0 aromatic heterocycles. The van der Waals surface area contributed by atoms with E-state index in [2.05, 4.69) is 6.92 Å². The van der Waals surface area contributed by atoms with Gasteiger partial charge in [-0.25, -0.2) is 4.21 Å². The van der Waals surface area contributed by atoms with E-state index >= 15 is 0 Å². The third-order valence-corrected chi connectivity index (χ3v) is 6.24. The van der Waals surface area contributed by atoms with Crippen LogP contribution >= 0.6 is 0 Å². The van der Waals surface area contributed by atoms with E-state index in [1.54, 1.807) is 0 Å². The zero-order chi connectivity index (χ0) is 17.0. The van der Waals surface area contributed by atoms with Crippen LogP contribution in [0.25, 0.3) is 0 Å². The predicted octanol–water partition coefficient (Wildman–Crippen LogP) is 5.95. The summed E-state index contributed by atoms with van der Waals surface area (Å²) in [6.45, 7) is 4.74. The lowest BCUT2D eigenvalue weighted by Crippen LogP contribution is -2.06. The summed E-state index contributed by atoms with van der Waals surface area (Å²) in [5.41, 5.74) is 1.13. The lowest BCUT2D eigenvalue weighted by molar-refractivity contribution is 0.330. The quantitative estimate of drug-likeness (QED) is 0.408. The fraction of sp³-hybridized carbons (Fsp3) is 0.684. The van der Waals surface area contributed by atoms with Crippen molar-refractivity contribution < 1.29 is 8.39 Å². The molecule has 0 amide bonds. The van der Waals surface area contributed by atoms with E-state index in [0.717, 1.165) is 18.4 Å². The van der Waals surface area contributed by atoms with Gasteiger partial charge < -0.3 is 0 Å². The van der Waals surface area contributed by atoms with Gasteiger partial charge in [0.2, 0.25) is 0 Å². The van der Waals surface area contributed by atoms with Gasteiger partial charge in [-0.1, -0.05) is 82.4 Å². The van der Waals surface area contributed by atoms with Gasteiger partial charge in [0, 0.05) is 11.2 Å². The van der Waals surface area contributed by atoms with Gasteiger partial charge in [-0.15, -0.1) is 0 Å². The zero-order valence-electron chi connectivity index (χ0n) is 14.7. The zero-order valence-corrected chi connectivity index (χ0v) is 16.4. The van der Waals surface area contributed by atoms with Crippen LogP contribution in [-0.2, 0) is 24.1 Å². The summed E-state index contributed by atoms with van der Waals surface area (Å²) >= 11 is 5.13. The minimum atomic E-state index is -2.75. The van der Waals surface area contributed by atoms with Gasteiger partial charge >= 0.3 is 0 Å². The summed E-state index contributed by atoms with van der Waals surface area (Å²) in [7, 11) is -2.75. The topological polar surface area (TPSA) is 26.3 Å². The van der Waals surface area contributed by atoms with Crippen molar-refractivity contribution in [1.82, 2.24) is 0 Å². The summed E-state index contributed by atoms with van der Waals surface area (Å²) in [5, 5.41) is 0. The van der Waals surface area contributed by atoms with Crippen molar-refractivity contribution >= 4 is 20.0 Å². The summed E-state index contributed by atoms with van der Waals surface area (Å²) < 4.78 is 17.8. The van der Waals surface area contributed by atoms with Gasteiger partial charge in [0.05, 0.1) is 11.5 Å². The Balaban J connectivity index is 2.05. The van der Waals surface area contributed by atoms with Gasteiger partial charge in [-0.2, -0.15) is 0 Å². The van der Waals surface area contributed by atoms with Crippen LogP contribution in [0.1, 0.15) is 76.7 Å². The first-order chi connectivity index (χ1) is 11.1. The number of benzene rings is 1. The van der Waals surface area contributed by atoms with Gasteiger partial charge in [0.1, 0.15) is 0 Å². The molecule has 0 aliphatic carbocycles. The van der Waals surface area contributed by atoms with Crippen molar-refractivity contribution in [3.05, 3.63) is 29.8 Å². The standard InChI is InChI=1S/C19H32O2S2/c1-3-4-5-6-7-8-9-10-11-12-17-21-23(20,22)19-15-13-18(2)14-16-19/h13-16H,3-12,17H2,1-2H3. The molecule has 0 aliphatic rings. The third kappa shape index (κ3) is 9.43. The average molecular weight is 357 g/mol. The molecule has 0 aliphatic heterocycles. The Labute approximate surface area is 147 Å². The molecule has 132 valence electrons. The maximum absolute atomic E-state index is 12.4. The van der Waals surface area contributed by atoms with Crippen LogP contribution < -0.4 is 0 Å². The SMILES string of the molecule is CCCCCCCCCCCCOS(=O)(=S)c1ccc(C)cc1. The first-order valence-corrected chi connectivity index (χ1v) is 11.4. The van der Waals surface area contributed by atoms with Crippen LogP contribution in [0.3, 0.4) is 0 Å². The lowest BCUT2D eigenvalue weighted by atomic mass is 10.1. The number of aryl methyl sites for hydroxylation is 1. The second-order valence-corrected chi connectivity index (χ2v) is 9.20. The second kappa shape index (κ2) is 12.0. The largest absolute Gasteiger partial charge is 0.286 e. The highest BCUT2D eigenvalue weighted by Gasteiger charge is 2.09. The molecule has 1 rings (SSSR count). The van der Waals surface area contributed by atoms with E-state index in [4.69, 9.17) is 15.4 Å². The van der Waals surface area contributed by atoms with Crippen molar-refractivity contribution in [2.45, 2.75) is 83.0 Å². The Morgan fingerprint density at radius 1 is 0.870 bits per heavy atom. The van der Waals surface area contributed by atoms with Crippen LogP contribution in [-0.4, -0.2) is 10.8 Å². The number of rotatable bonds is 13. The lowest BCUT2D eigenvalue weighted by Gasteiger charge is -2.08. The molecule has 0 saturated carbocycles. The second-order valence-electron chi connectivity index (χ2n) is 6.27. The minimum Gasteiger partial charge on any atom is -0.286 e. The van der Waals surface area contributed by atoms with Crippen molar-refractivity contribution in [3.63, 3.8) is 0 Å². The molecule has 0 spiro atoms. The molecule has 0 heterocycles. The van der Waals surface area contributed by atoms with Crippen LogP contribution in [0, 0.1) is 6.92 Å². The van der Waals surface area contributed by atoms with Gasteiger partial charge in [0.25, 0.3) is 0 Å². The Morgan fingerprint density at radius 3 is 1.87 bits per heavy atom. The fourth-order valence-electron chi connectivity index (χ4n) is 2.53. The van der Waals surface area contributed by atoms with Crippen molar-refractivity contribution in [2.24, 2.45) is 0 Å². The Bertz CT molecular complexity index is 507. The molecular formula is C19H32O2S2. The third-order valence-electron chi connectivity index (χ3n) is 4.05. The highest BCUT2D eigenvalue weighted by molar-refractivity contribution is 8.30. The fourth-order valence-corrected chi connectivity index (χ4v) is 4.01. The highest BCUT2D eigenvalue weighted by atomic mass is 32.8. The molecular weight excluding hydrogens is 324 g/mol. The number of hydrogen-bond donors (Lipinski definition) is 0.